The minimum Gasteiger partial charge on any atom is -0.441 e. The lowest BCUT2D eigenvalue weighted by Gasteiger charge is -2.04. The van der Waals surface area contributed by atoms with Crippen LogP contribution in [0.3, 0.4) is 0 Å². The average Bonchev–Trinajstić information content (AvgIpc) is 2.91. The van der Waals surface area contributed by atoms with E-state index < -0.39 is 0 Å². The number of hydrogen-bond donors (Lipinski definition) is 1. The van der Waals surface area contributed by atoms with E-state index in [1.54, 1.807) is 0 Å². The highest BCUT2D eigenvalue weighted by atomic mass is 79.9. The second-order valence-corrected chi connectivity index (χ2v) is 6.04. The molecule has 0 aliphatic heterocycles. The van der Waals surface area contributed by atoms with Crippen molar-refractivity contribution < 1.29 is 9.21 Å². The summed E-state index contributed by atoms with van der Waals surface area (Å²) in [7, 11) is 0. The van der Waals surface area contributed by atoms with E-state index in [-0.39, 0.29) is 12.3 Å². The first-order chi connectivity index (χ1) is 11.1. The number of aryl methyl sites for hydroxylation is 1. The molecule has 116 valence electrons. The monoisotopic (exact) mass is 370 g/mol. The predicted molar refractivity (Wildman–Crippen MR) is 93.2 cm³/mol. The Morgan fingerprint density at radius 1 is 1.13 bits per heavy atom. The number of anilines is 1. The van der Waals surface area contributed by atoms with Crippen LogP contribution in [0.5, 0.6) is 0 Å². The summed E-state index contributed by atoms with van der Waals surface area (Å²) in [6.07, 6.45) is 0.179. The number of benzene rings is 2. The minimum atomic E-state index is -0.122. The van der Waals surface area contributed by atoms with Crippen molar-refractivity contribution in [2.24, 2.45) is 0 Å². The first-order valence-corrected chi connectivity index (χ1v) is 7.98. The zero-order chi connectivity index (χ0) is 16.2. The molecule has 1 aromatic heterocycles. The van der Waals surface area contributed by atoms with Gasteiger partial charge in [-0.25, -0.2) is 4.98 Å². The fourth-order valence-electron chi connectivity index (χ4n) is 2.19. The number of nitrogens with one attached hydrogen (secondary N) is 1. The first kappa shape index (κ1) is 15.5. The number of aromatic nitrogens is 1. The standard InChI is InChI=1S/C18H15BrN2O2/c1-12-16(21-18(23-12)13-5-3-2-4-6-13)11-17(22)20-15-9-7-14(19)8-10-15/h2-10H,11H2,1H3,(H,20,22). The quantitative estimate of drug-likeness (QED) is 0.730. The molecule has 1 amide bonds. The average molecular weight is 371 g/mol. The van der Waals surface area contributed by atoms with E-state index in [1.165, 1.54) is 0 Å². The van der Waals surface area contributed by atoms with Gasteiger partial charge in [-0.05, 0) is 43.3 Å². The first-order valence-electron chi connectivity index (χ1n) is 7.19. The van der Waals surface area contributed by atoms with Crippen LogP contribution >= 0.6 is 15.9 Å². The number of oxazole rings is 1. The van der Waals surface area contributed by atoms with Crippen LogP contribution in [0.15, 0.2) is 63.5 Å². The number of carbonyl (C=O) groups excluding carboxylic acids is 1. The van der Waals surface area contributed by atoms with Crippen molar-refractivity contribution >= 4 is 27.5 Å². The van der Waals surface area contributed by atoms with Crippen LogP contribution in [0.1, 0.15) is 11.5 Å². The SMILES string of the molecule is Cc1oc(-c2ccccc2)nc1CC(=O)Nc1ccc(Br)cc1. The molecule has 4 nitrogen and oxygen atoms in total. The van der Waals surface area contributed by atoms with Gasteiger partial charge in [0.1, 0.15) is 5.76 Å². The fourth-order valence-corrected chi connectivity index (χ4v) is 2.45. The molecule has 0 spiro atoms. The number of carbonyl (C=O) groups is 1. The van der Waals surface area contributed by atoms with Crippen molar-refractivity contribution in [3.63, 3.8) is 0 Å². The molecule has 23 heavy (non-hydrogen) atoms. The summed E-state index contributed by atoms with van der Waals surface area (Å²) in [6.45, 7) is 1.82. The Labute approximate surface area is 142 Å². The molecule has 0 aliphatic carbocycles. The molecule has 0 saturated carbocycles. The number of nitrogens with zero attached hydrogens (tertiary/aromatic N) is 1. The van der Waals surface area contributed by atoms with Crippen molar-refractivity contribution in [1.29, 1.82) is 0 Å². The van der Waals surface area contributed by atoms with Crippen LogP contribution in [0.4, 0.5) is 5.69 Å². The van der Waals surface area contributed by atoms with Crippen molar-refractivity contribution in [2.75, 3.05) is 5.32 Å². The lowest BCUT2D eigenvalue weighted by Crippen LogP contribution is -2.15. The van der Waals surface area contributed by atoms with E-state index in [1.807, 2.05) is 61.5 Å². The molecule has 0 aliphatic rings. The van der Waals surface area contributed by atoms with Crippen molar-refractivity contribution in [3.05, 3.63) is 70.5 Å². The Hall–Kier alpha value is -2.40. The van der Waals surface area contributed by atoms with Crippen LogP contribution in [-0.2, 0) is 11.2 Å². The van der Waals surface area contributed by atoms with Gasteiger partial charge in [-0.3, -0.25) is 4.79 Å². The van der Waals surface area contributed by atoms with Crippen molar-refractivity contribution in [2.45, 2.75) is 13.3 Å². The largest absolute Gasteiger partial charge is 0.441 e. The summed E-state index contributed by atoms with van der Waals surface area (Å²) in [5.41, 5.74) is 2.30. The third-order valence-corrected chi connectivity index (χ3v) is 3.90. The zero-order valence-electron chi connectivity index (χ0n) is 12.5. The smallest absolute Gasteiger partial charge is 0.230 e. The van der Waals surface area contributed by atoms with E-state index in [4.69, 9.17) is 4.42 Å². The summed E-state index contributed by atoms with van der Waals surface area (Å²) < 4.78 is 6.64. The van der Waals surface area contributed by atoms with Gasteiger partial charge in [0.15, 0.2) is 0 Å². The second-order valence-electron chi connectivity index (χ2n) is 5.12. The lowest BCUT2D eigenvalue weighted by molar-refractivity contribution is -0.115. The topological polar surface area (TPSA) is 55.1 Å². The van der Waals surface area contributed by atoms with Crippen LogP contribution < -0.4 is 5.32 Å². The number of hydrogen-bond acceptors (Lipinski definition) is 3. The summed E-state index contributed by atoms with van der Waals surface area (Å²) in [5.74, 6) is 1.08. The second kappa shape index (κ2) is 6.79. The van der Waals surface area contributed by atoms with E-state index in [0.29, 0.717) is 17.3 Å². The summed E-state index contributed by atoms with van der Waals surface area (Å²) in [6, 6.07) is 17.1. The molecule has 0 bridgehead atoms. The highest BCUT2D eigenvalue weighted by Crippen LogP contribution is 2.22. The molecule has 3 rings (SSSR count). The van der Waals surface area contributed by atoms with Crippen LogP contribution in [0.2, 0.25) is 0 Å². The lowest BCUT2D eigenvalue weighted by atomic mass is 10.2. The Bertz CT molecular complexity index is 811. The van der Waals surface area contributed by atoms with Crippen molar-refractivity contribution in [1.82, 2.24) is 4.98 Å². The third-order valence-electron chi connectivity index (χ3n) is 3.37. The molecule has 5 heteroatoms. The number of halogens is 1. The van der Waals surface area contributed by atoms with Crippen molar-refractivity contribution in [3.8, 4) is 11.5 Å². The molecule has 1 N–H and O–H groups in total. The zero-order valence-corrected chi connectivity index (χ0v) is 14.1. The van der Waals surface area contributed by atoms with E-state index in [2.05, 4.69) is 26.2 Å². The maximum atomic E-state index is 12.2. The molecular formula is C18H15BrN2O2. The molecule has 0 atom stereocenters. The normalized spacial score (nSPS) is 10.5. The number of amides is 1. The van der Waals surface area contributed by atoms with Crippen LogP contribution in [0, 0.1) is 6.92 Å². The van der Waals surface area contributed by atoms with E-state index in [0.717, 1.165) is 15.7 Å². The van der Waals surface area contributed by atoms with E-state index >= 15 is 0 Å². The van der Waals surface area contributed by atoms with Gasteiger partial charge in [0, 0.05) is 15.7 Å². The summed E-state index contributed by atoms with van der Waals surface area (Å²) in [4.78, 5) is 16.6. The predicted octanol–water partition coefficient (Wildman–Crippen LogP) is 4.59. The molecule has 1 heterocycles. The van der Waals surface area contributed by atoms with Gasteiger partial charge < -0.3 is 9.73 Å². The summed E-state index contributed by atoms with van der Waals surface area (Å²) in [5, 5.41) is 2.85. The molecule has 0 saturated heterocycles. The molecular weight excluding hydrogens is 356 g/mol. The maximum absolute atomic E-state index is 12.2. The van der Waals surface area contributed by atoms with Gasteiger partial charge in [0.2, 0.25) is 11.8 Å². The fraction of sp³-hybridized carbons (Fsp3) is 0.111. The van der Waals surface area contributed by atoms with Gasteiger partial charge in [-0.2, -0.15) is 0 Å². The Balaban J connectivity index is 1.71. The van der Waals surface area contributed by atoms with Gasteiger partial charge >= 0.3 is 0 Å². The Kier molecular flexibility index (Phi) is 4.57. The maximum Gasteiger partial charge on any atom is 0.230 e. The Morgan fingerprint density at radius 3 is 2.52 bits per heavy atom. The van der Waals surface area contributed by atoms with Gasteiger partial charge in [-0.15, -0.1) is 0 Å². The molecule has 0 fully saturated rings. The molecule has 3 aromatic rings. The molecule has 2 aromatic carbocycles. The highest BCUT2D eigenvalue weighted by molar-refractivity contribution is 9.10. The summed E-state index contributed by atoms with van der Waals surface area (Å²) >= 11 is 3.36. The van der Waals surface area contributed by atoms with Gasteiger partial charge in [0.25, 0.3) is 0 Å². The van der Waals surface area contributed by atoms with Crippen LogP contribution in [-0.4, -0.2) is 10.9 Å². The van der Waals surface area contributed by atoms with Gasteiger partial charge in [0.05, 0.1) is 12.1 Å². The minimum absolute atomic E-state index is 0.122. The number of rotatable bonds is 4. The highest BCUT2D eigenvalue weighted by Gasteiger charge is 2.14. The van der Waals surface area contributed by atoms with Crippen LogP contribution in [0.25, 0.3) is 11.5 Å². The van der Waals surface area contributed by atoms with E-state index in [9.17, 15) is 4.79 Å². The van der Waals surface area contributed by atoms with Gasteiger partial charge in [-0.1, -0.05) is 34.1 Å². The molecule has 0 unspecified atom stereocenters. The third kappa shape index (κ3) is 3.87. The molecule has 0 radical (unpaired) electrons. The Morgan fingerprint density at radius 2 is 1.83 bits per heavy atom.